The highest BCUT2D eigenvalue weighted by atomic mass is 16.4. The summed E-state index contributed by atoms with van der Waals surface area (Å²) in [7, 11) is 0. The molecule has 0 saturated carbocycles. The van der Waals surface area contributed by atoms with Crippen LogP contribution < -0.4 is 5.73 Å². The Hall–Kier alpha value is -2.30. The average molecular weight is 230 g/mol. The topological polar surface area (TPSA) is 76.4 Å². The standard InChI is InChI=1S/C12H14N4O/c13-12(15-17)11-2-1-8-16(11)9-5-10-3-6-14-7-4-10/h1-4,6-8,17H,5,9H2,(H2,13,15). The number of hydrogen-bond acceptors (Lipinski definition) is 3. The van der Waals surface area contributed by atoms with Gasteiger partial charge < -0.3 is 15.5 Å². The van der Waals surface area contributed by atoms with Gasteiger partial charge in [-0.1, -0.05) is 5.16 Å². The van der Waals surface area contributed by atoms with E-state index in [0.717, 1.165) is 18.7 Å². The molecule has 5 nitrogen and oxygen atoms in total. The highest BCUT2D eigenvalue weighted by molar-refractivity contribution is 5.95. The molecular formula is C12H14N4O. The van der Waals surface area contributed by atoms with Gasteiger partial charge in [-0.25, -0.2) is 0 Å². The quantitative estimate of drug-likeness (QED) is 0.359. The number of hydrogen-bond donors (Lipinski definition) is 2. The summed E-state index contributed by atoms with van der Waals surface area (Å²) in [6.07, 6.45) is 6.34. The van der Waals surface area contributed by atoms with Gasteiger partial charge in [-0.15, -0.1) is 0 Å². The second-order valence-electron chi connectivity index (χ2n) is 3.68. The third-order valence-corrected chi connectivity index (χ3v) is 2.59. The molecule has 2 aromatic rings. The number of oxime groups is 1. The molecule has 0 aliphatic heterocycles. The van der Waals surface area contributed by atoms with Crippen LogP contribution in [0.2, 0.25) is 0 Å². The van der Waals surface area contributed by atoms with Crippen LogP contribution in [-0.2, 0) is 13.0 Å². The predicted molar refractivity (Wildman–Crippen MR) is 64.9 cm³/mol. The normalized spacial score (nSPS) is 11.6. The summed E-state index contributed by atoms with van der Waals surface area (Å²) in [5.74, 6) is 0.129. The number of rotatable bonds is 4. The molecule has 0 aliphatic rings. The van der Waals surface area contributed by atoms with Crippen molar-refractivity contribution in [3.63, 3.8) is 0 Å². The first-order valence-corrected chi connectivity index (χ1v) is 5.33. The lowest BCUT2D eigenvalue weighted by molar-refractivity contribution is 0.318. The molecule has 2 aromatic heterocycles. The van der Waals surface area contributed by atoms with Crippen molar-refractivity contribution in [3.05, 3.63) is 54.1 Å². The fourth-order valence-electron chi connectivity index (χ4n) is 1.69. The summed E-state index contributed by atoms with van der Waals surface area (Å²) in [6, 6.07) is 7.65. The molecule has 0 bridgehead atoms. The second kappa shape index (κ2) is 5.16. The van der Waals surface area contributed by atoms with Gasteiger partial charge in [0.1, 0.15) is 0 Å². The Morgan fingerprint density at radius 2 is 2.12 bits per heavy atom. The fourth-order valence-corrected chi connectivity index (χ4v) is 1.69. The first-order chi connectivity index (χ1) is 8.31. The van der Waals surface area contributed by atoms with Crippen LogP contribution in [0, 0.1) is 0 Å². The van der Waals surface area contributed by atoms with E-state index < -0.39 is 0 Å². The molecule has 3 N–H and O–H groups in total. The van der Waals surface area contributed by atoms with Crippen LogP contribution in [0.1, 0.15) is 11.3 Å². The lowest BCUT2D eigenvalue weighted by Gasteiger charge is -2.07. The maximum Gasteiger partial charge on any atom is 0.186 e. The van der Waals surface area contributed by atoms with Crippen LogP contribution in [0.25, 0.3) is 0 Å². The first-order valence-electron chi connectivity index (χ1n) is 5.33. The highest BCUT2D eigenvalue weighted by Crippen LogP contribution is 2.05. The monoisotopic (exact) mass is 230 g/mol. The second-order valence-corrected chi connectivity index (χ2v) is 3.68. The third-order valence-electron chi connectivity index (χ3n) is 2.59. The molecule has 0 saturated heterocycles. The van der Waals surface area contributed by atoms with E-state index >= 15 is 0 Å². The maximum atomic E-state index is 8.66. The smallest absolute Gasteiger partial charge is 0.186 e. The Balaban J connectivity index is 2.07. The zero-order valence-electron chi connectivity index (χ0n) is 9.32. The number of amidine groups is 1. The Bertz CT molecular complexity index is 504. The van der Waals surface area contributed by atoms with Crippen LogP contribution in [0.4, 0.5) is 0 Å². The SMILES string of the molecule is N/C(=N/O)c1cccn1CCc1ccncc1. The van der Waals surface area contributed by atoms with E-state index in [2.05, 4.69) is 10.1 Å². The van der Waals surface area contributed by atoms with Gasteiger partial charge in [-0.3, -0.25) is 4.98 Å². The maximum absolute atomic E-state index is 8.66. The van der Waals surface area contributed by atoms with E-state index in [1.807, 2.05) is 35.0 Å². The summed E-state index contributed by atoms with van der Waals surface area (Å²) in [5.41, 5.74) is 7.51. The number of nitrogens with zero attached hydrogens (tertiary/aromatic N) is 3. The molecule has 0 aliphatic carbocycles. The summed E-state index contributed by atoms with van der Waals surface area (Å²) in [4.78, 5) is 3.97. The van der Waals surface area contributed by atoms with Gasteiger partial charge in [0.25, 0.3) is 0 Å². The molecule has 2 rings (SSSR count). The number of nitrogens with two attached hydrogens (primary N) is 1. The van der Waals surface area contributed by atoms with E-state index in [0.29, 0.717) is 0 Å². The molecule has 0 amide bonds. The zero-order valence-corrected chi connectivity index (χ0v) is 9.32. The molecule has 0 fully saturated rings. The fraction of sp³-hybridized carbons (Fsp3) is 0.167. The Kier molecular flexibility index (Phi) is 3.40. The molecule has 2 heterocycles. The van der Waals surface area contributed by atoms with E-state index in [-0.39, 0.29) is 5.84 Å². The van der Waals surface area contributed by atoms with E-state index in [4.69, 9.17) is 10.9 Å². The van der Waals surface area contributed by atoms with Gasteiger partial charge in [-0.2, -0.15) is 0 Å². The molecule has 17 heavy (non-hydrogen) atoms. The number of pyridine rings is 1. The molecule has 0 atom stereocenters. The molecular weight excluding hydrogens is 216 g/mol. The zero-order chi connectivity index (χ0) is 12.1. The van der Waals surface area contributed by atoms with Crippen LogP contribution in [0.15, 0.2) is 48.0 Å². The predicted octanol–water partition coefficient (Wildman–Crippen LogP) is 1.22. The van der Waals surface area contributed by atoms with Crippen molar-refractivity contribution in [1.82, 2.24) is 9.55 Å². The Morgan fingerprint density at radius 1 is 1.35 bits per heavy atom. The van der Waals surface area contributed by atoms with Crippen LogP contribution in [0.5, 0.6) is 0 Å². The minimum absolute atomic E-state index is 0.129. The van der Waals surface area contributed by atoms with Crippen LogP contribution in [-0.4, -0.2) is 20.6 Å². The Morgan fingerprint density at radius 3 is 2.82 bits per heavy atom. The highest BCUT2D eigenvalue weighted by Gasteiger charge is 2.05. The number of aryl methyl sites for hydroxylation is 2. The van der Waals surface area contributed by atoms with Crippen molar-refractivity contribution in [2.75, 3.05) is 0 Å². The van der Waals surface area contributed by atoms with Crippen molar-refractivity contribution in [2.45, 2.75) is 13.0 Å². The average Bonchev–Trinajstić information content (AvgIpc) is 2.85. The molecule has 0 radical (unpaired) electrons. The molecule has 0 spiro atoms. The number of aromatic nitrogens is 2. The minimum atomic E-state index is 0.129. The summed E-state index contributed by atoms with van der Waals surface area (Å²) < 4.78 is 1.95. The lowest BCUT2D eigenvalue weighted by atomic mass is 10.2. The van der Waals surface area contributed by atoms with Gasteiger partial charge >= 0.3 is 0 Å². The molecule has 88 valence electrons. The third kappa shape index (κ3) is 2.63. The van der Waals surface area contributed by atoms with E-state index in [1.54, 1.807) is 12.4 Å². The molecule has 0 aromatic carbocycles. The van der Waals surface area contributed by atoms with Gasteiger partial charge in [-0.05, 0) is 36.2 Å². The largest absolute Gasteiger partial charge is 0.409 e. The van der Waals surface area contributed by atoms with Gasteiger partial charge in [0.15, 0.2) is 5.84 Å². The van der Waals surface area contributed by atoms with Crippen LogP contribution in [0.3, 0.4) is 0 Å². The van der Waals surface area contributed by atoms with Crippen molar-refractivity contribution in [1.29, 1.82) is 0 Å². The molecule has 0 unspecified atom stereocenters. The van der Waals surface area contributed by atoms with Gasteiger partial charge in [0.05, 0.1) is 5.69 Å². The molecule has 5 heteroatoms. The summed E-state index contributed by atoms with van der Waals surface area (Å²) >= 11 is 0. The minimum Gasteiger partial charge on any atom is -0.409 e. The first kappa shape index (κ1) is 11.2. The van der Waals surface area contributed by atoms with Gasteiger partial charge in [0.2, 0.25) is 0 Å². The van der Waals surface area contributed by atoms with E-state index in [1.165, 1.54) is 5.56 Å². The van der Waals surface area contributed by atoms with E-state index in [9.17, 15) is 0 Å². The van der Waals surface area contributed by atoms with Crippen molar-refractivity contribution >= 4 is 5.84 Å². The lowest BCUT2D eigenvalue weighted by Crippen LogP contribution is -2.18. The van der Waals surface area contributed by atoms with Gasteiger partial charge in [0, 0.05) is 25.1 Å². The summed E-state index contributed by atoms with van der Waals surface area (Å²) in [6.45, 7) is 0.780. The summed E-state index contributed by atoms with van der Waals surface area (Å²) in [5, 5.41) is 11.7. The van der Waals surface area contributed by atoms with Crippen molar-refractivity contribution in [2.24, 2.45) is 10.9 Å². The van der Waals surface area contributed by atoms with Crippen LogP contribution >= 0.6 is 0 Å². The van der Waals surface area contributed by atoms with Crippen molar-refractivity contribution in [3.8, 4) is 0 Å². The van der Waals surface area contributed by atoms with Crippen molar-refractivity contribution < 1.29 is 5.21 Å². The Labute approximate surface area is 99.2 Å².